The Balaban J connectivity index is 2.20. The third kappa shape index (κ3) is 4.59. The molecule has 1 atom stereocenters. The van der Waals surface area contributed by atoms with E-state index in [0.717, 1.165) is 10.7 Å². The van der Waals surface area contributed by atoms with Crippen molar-refractivity contribution in [1.29, 1.82) is 0 Å². The Morgan fingerprint density at radius 3 is 2.27 bits per heavy atom. The summed E-state index contributed by atoms with van der Waals surface area (Å²) in [5.74, 6) is 0.0238. The van der Waals surface area contributed by atoms with E-state index in [0.29, 0.717) is 24.3 Å². The third-order valence-electron chi connectivity index (χ3n) is 6.13. The van der Waals surface area contributed by atoms with E-state index in [4.69, 9.17) is 4.63 Å². The summed E-state index contributed by atoms with van der Waals surface area (Å²) in [6.45, 7) is 9.34. The lowest BCUT2D eigenvalue weighted by Crippen LogP contribution is -2.41. The highest BCUT2D eigenvalue weighted by molar-refractivity contribution is 7.89. The zero-order valence-electron chi connectivity index (χ0n) is 19.1. The van der Waals surface area contributed by atoms with Crippen molar-refractivity contribution in [3.63, 3.8) is 0 Å². The Labute approximate surface area is 179 Å². The standard InChI is InChI=1S/C20H33N5O4S/c1-9-20(3,4)14(2)19(26)25(8)13-12-24(7)15-10-11-16(30(27,28)23(5)6)18-17(15)21-29-22-18/h10-11,14H,9,12-13H2,1-8H3. The van der Waals surface area contributed by atoms with Crippen molar-refractivity contribution < 1.29 is 17.8 Å². The SMILES string of the molecule is CCC(C)(C)C(C)C(=O)N(C)CCN(C)c1ccc(S(=O)(=O)N(C)C)c2nonc12. The van der Waals surface area contributed by atoms with Crippen molar-refractivity contribution in [2.75, 3.05) is 46.2 Å². The molecule has 2 rings (SSSR count). The van der Waals surface area contributed by atoms with Crippen molar-refractivity contribution in [2.45, 2.75) is 39.0 Å². The number of carbonyl (C=O) groups is 1. The smallest absolute Gasteiger partial charge is 0.244 e. The Morgan fingerprint density at radius 2 is 1.70 bits per heavy atom. The maximum absolute atomic E-state index is 12.8. The molecule has 1 amide bonds. The fourth-order valence-corrected chi connectivity index (χ4v) is 4.06. The topological polar surface area (TPSA) is 99.9 Å². The van der Waals surface area contributed by atoms with E-state index in [-0.39, 0.29) is 27.7 Å². The second-order valence-corrected chi connectivity index (χ2v) is 10.7. The van der Waals surface area contributed by atoms with E-state index < -0.39 is 10.0 Å². The number of nitrogens with zero attached hydrogens (tertiary/aromatic N) is 5. The average Bonchev–Trinajstić information content (AvgIpc) is 3.19. The van der Waals surface area contributed by atoms with Gasteiger partial charge in [0.15, 0.2) is 11.0 Å². The molecule has 1 unspecified atom stereocenters. The van der Waals surface area contributed by atoms with Gasteiger partial charge in [-0.2, -0.15) is 0 Å². The van der Waals surface area contributed by atoms with E-state index >= 15 is 0 Å². The number of carbonyl (C=O) groups excluding carboxylic acids is 1. The zero-order valence-corrected chi connectivity index (χ0v) is 19.9. The normalized spacial score (nSPS) is 13.6. The van der Waals surface area contributed by atoms with Crippen molar-refractivity contribution in [3.05, 3.63) is 12.1 Å². The van der Waals surface area contributed by atoms with E-state index in [1.165, 1.54) is 20.2 Å². The molecule has 0 aliphatic rings. The minimum atomic E-state index is -3.68. The van der Waals surface area contributed by atoms with Gasteiger partial charge < -0.3 is 9.80 Å². The Kier molecular flexibility index (Phi) is 7.13. The maximum Gasteiger partial charge on any atom is 0.244 e. The highest BCUT2D eigenvalue weighted by atomic mass is 32.2. The molecule has 168 valence electrons. The largest absolute Gasteiger partial charge is 0.371 e. The second-order valence-electron chi connectivity index (χ2n) is 8.58. The second kappa shape index (κ2) is 8.89. The molecule has 1 aromatic heterocycles. The first-order valence-electron chi connectivity index (χ1n) is 9.98. The Hall–Kier alpha value is -2.20. The van der Waals surface area contributed by atoms with E-state index in [2.05, 4.69) is 31.1 Å². The van der Waals surface area contributed by atoms with Gasteiger partial charge in [-0.25, -0.2) is 17.4 Å². The summed E-state index contributed by atoms with van der Waals surface area (Å²) < 4.78 is 31.1. The molecule has 1 heterocycles. The van der Waals surface area contributed by atoms with Gasteiger partial charge in [-0.15, -0.1) is 0 Å². The van der Waals surface area contributed by atoms with Gasteiger partial charge in [-0.1, -0.05) is 34.1 Å². The molecular formula is C20H33N5O4S. The lowest BCUT2D eigenvalue weighted by Gasteiger charge is -2.33. The van der Waals surface area contributed by atoms with Crippen LogP contribution in [0.4, 0.5) is 5.69 Å². The van der Waals surface area contributed by atoms with Crippen LogP contribution in [0.5, 0.6) is 0 Å². The van der Waals surface area contributed by atoms with Crippen LogP contribution in [0.2, 0.25) is 0 Å². The number of sulfonamides is 1. The fraction of sp³-hybridized carbons (Fsp3) is 0.650. The van der Waals surface area contributed by atoms with Crippen molar-refractivity contribution in [3.8, 4) is 0 Å². The average molecular weight is 440 g/mol. The molecule has 0 N–H and O–H groups in total. The van der Waals surface area contributed by atoms with Crippen molar-refractivity contribution in [2.24, 2.45) is 11.3 Å². The number of rotatable bonds is 9. The number of hydrogen-bond acceptors (Lipinski definition) is 7. The summed E-state index contributed by atoms with van der Waals surface area (Å²) in [6, 6.07) is 3.20. The Morgan fingerprint density at radius 1 is 1.10 bits per heavy atom. The monoisotopic (exact) mass is 439 g/mol. The first kappa shape index (κ1) is 24.1. The lowest BCUT2D eigenvalue weighted by molar-refractivity contribution is -0.137. The molecule has 0 saturated carbocycles. The first-order chi connectivity index (χ1) is 13.8. The third-order valence-corrected chi connectivity index (χ3v) is 7.97. The van der Waals surface area contributed by atoms with Crippen LogP contribution in [-0.2, 0) is 14.8 Å². The zero-order chi connectivity index (χ0) is 22.9. The lowest BCUT2D eigenvalue weighted by atomic mass is 9.77. The number of fused-ring (bicyclic) bond motifs is 1. The summed E-state index contributed by atoms with van der Waals surface area (Å²) in [7, 11) is 2.91. The molecular weight excluding hydrogens is 406 g/mol. The maximum atomic E-state index is 12.8. The molecule has 0 spiro atoms. The quantitative estimate of drug-likeness (QED) is 0.591. The highest BCUT2D eigenvalue weighted by Gasteiger charge is 2.31. The number of anilines is 1. The molecule has 0 radical (unpaired) electrons. The molecule has 0 fully saturated rings. The van der Waals surface area contributed by atoms with Gasteiger partial charge in [0.2, 0.25) is 15.9 Å². The van der Waals surface area contributed by atoms with Crippen LogP contribution in [0.25, 0.3) is 11.0 Å². The predicted octanol–water partition coefficient (Wildman–Crippen LogP) is 2.44. The summed E-state index contributed by atoms with van der Waals surface area (Å²) >= 11 is 0. The minimum Gasteiger partial charge on any atom is -0.371 e. The van der Waals surface area contributed by atoms with Crippen molar-refractivity contribution >= 4 is 32.7 Å². The van der Waals surface area contributed by atoms with Crippen LogP contribution in [0.15, 0.2) is 21.7 Å². The molecule has 30 heavy (non-hydrogen) atoms. The van der Waals surface area contributed by atoms with Crippen LogP contribution >= 0.6 is 0 Å². The molecule has 9 nitrogen and oxygen atoms in total. The molecule has 0 bridgehead atoms. The van der Waals surface area contributed by atoms with Crippen LogP contribution in [-0.4, -0.2) is 75.1 Å². The van der Waals surface area contributed by atoms with Gasteiger partial charge >= 0.3 is 0 Å². The van der Waals surface area contributed by atoms with E-state index in [1.54, 1.807) is 18.0 Å². The van der Waals surface area contributed by atoms with Crippen molar-refractivity contribution in [1.82, 2.24) is 19.5 Å². The summed E-state index contributed by atoms with van der Waals surface area (Å²) in [5.41, 5.74) is 1.18. The van der Waals surface area contributed by atoms with Gasteiger partial charge in [0.05, 0.1) is 5.69 Å². The van der Waals surface area contributed by atoms with E-state index in [9.17, 15) is 13.2 Å². The summed E-state index contributed by atoms with van der Waals surface area (Å²) in [4.78, 5) is 16.5. The molecule has 10 heteroatoms. The summed E-state index contributed by atoms with van der Waals surface area (Å²) in [6.07, 6.45) is 0.924. The number of benzene rings is 1. The molecule has 0 saturated heterocycles. The van der Waals surface area contributed by atoms with E-state index in [1.807, 2.05) is 18.9 Å². The number of likely N-dealkylation sites (N-methyl/N-ethyl adjacent to an activating group) is 2. The number of aromatic nitrogens is 2. The molecule has 1 aromatic carbocycles. The minimum absolute atomic E-state index is 0.0452. The van der Waals surface area contributed by atoms with Gasteiger partial charge in [-0.3, -0.25) is 4.79 Å². The number of amides is 1. The molecule has 2 aromatic rings. The van der Waals surface area contributed by atoms with Gasteiger partial charge in [0, 0.05) is 47.2 Å². The number of hydrogen-bond donors (Lipinski definition) is 0. The van der Waals surface area contributed by atoms with Gasteiger partial charge in [-0.05, 0) is 27.9 Å². The predicted molar refractivity (Wildman–Crippen MR) is 117 cm³/mol. The molecule has 0 aliphatic carbocycles. The van der Waals surface area contributed by atoms with Crippen LogP contribution < -0.4 is 4.90 Å². The first-order valence-corrected chi connectivity index (χ1v) is 11.4. The van der Waals surface area contributed by atoms with Crippen LogP contribution in [0, 0.1) is 11.3 Å². The highest BCUT2D eigenvalue weighted by Crippen LogP contribution is 2.32. The summed E-state index contributed by atoms with van der Waals surface area (Å²) in [5, 5.41) is 7.73. The van der Waals surface area contributed by atoms with Gasteiger partial charge in [0.1, 0.15) is 4.90 Å². The molecule has 0 aliphatic heterocycles. The fourth-order valence-electron chi connectivity index (χ4n) is 3.05. The Bertz CT molecular complexity index is 1000. The van der Waals surface area contributed by atoms with Crippen LogP contribution in [0.3, 0.4) is 0 Å². The van der Waals surface area contributed by atoms with Crippen LogP contribution in [0.1, 0.15) is 34.1 Å². The van der Waals surface area contributed by atoms with Gasteiger partial charge in [0.25, 0.3) is 0 Å².